The van der Waals surface area contributed by atoms with Crippen molar-refractivity contribution >= 4 is 33.8 Å². The number of carbonyl (C=O) groups is 1. The fourth-order valence-electron chi connectivity index (χ4n) is 2.84. The van der Waals surface area contributed by atoms with Gasteiger partial charge >= 0.3 is 0 Å². The smallest absolute Gasteiger partial charge is 0.242 e. The molecule has 23 heavy (non-hydrogen) atoms. The van der Waals surface area contributed by atoms with Crippen LogP contribution < -0.4 is 10.6 Å². The van der Waals surface area contributed by atoms with E-state index in [0.717, 1.165) is 40.6 Å². The molecule has 6 heteroatoms. The van der Waals surface area contributed by atoms with Crippen molar-refractivity contribution in [3.8, 4) is 10.4 Å². The number of aromatic nitrogens is 2. The molecule has 1 atom stereocenters. The van der Waals surface area contributed by atoms with Crippen LogP contribution in [0.1, 0.15) is 12.8 Å². The molecule has 1 aromatic carbocycles. The number of fused-ring (bicyclic) bond motifs is 1. The van der Waals surface area contributed by atoms with Crippen molar-refractivity contribution in [1.29, 1.82) is 0 Å². The molecule has 0 saturated carbocycles. The molecule has 2 aromatic heterocycles. The van der Waals surface area contributed by atoms with Crippen molar-refractivity contribution in [2.24, 2.45) is 0 Å². The third-order valence-electron chi connectivity index (χ3n) is 4.07. The molecular formula is C17H16N4OS. The Morgan fingerprint density at radius 2 is 2.22 bits per heavy atom. The van der Waals surface area contributed by atoms with Crippen molar-refractivity contribution in [2.45, 2.75) is 18.9 Å². The Morgan fingerprint density at radius 3 is 3.00 bits per heavy atom. The van der Waals surface area contributed by atoms with Crippen molar-refractivity contribution < 1.29 is 4.79 Å². The zero-order chi connectivity index (χ0) is 15.6. The first-order valence-electron chi connectivity index (χ1n) is 7.62. The van der Waals surface area contributed by atoms with Gasteiger partial charge in [0.2, 0.25) is 5.91 Å². The van der Waals surface area contributed by atoms with Crippen LogP contribution in [-0.2, 0) is 4.79 Å². The highest BCUT2D eigenvalue weighted by molar-refractivity contribution is 7.13. The number of thiazole rings is 1. The Morgan fingerprint density at radius 1 is 1.26 bits per heavy atom. The molecule has 3 heterocycles. The number of nitrogens with one attached hydrogen (secondary N) is 2. The summed E-state index contributed by atoms with van der Waals surface area (Å²) in [5, 5.41) is 8.21. The van der Waals surface area contributed by atoms with Crippen LogP contribution in [0.2, 0.25) is 0 Å². The number of carbonyl (C=O) groups excluding carboxylic acids is 1. The maximum absolute atomic E-state index is 12.2. The largest absolute Gasteiger partial charge is 0.309 e. The number of benzene rings is 1. The van der Waals surface area contributed by atoms with E-state index in [0.29, 0.717) is 5.82 Å². The number of amides is 1. The van der Waals surface area contributed by atoms with Gasteiger partial charge in [-0.1, -0.05) is 12.1 Å². The molecule has 1 aliphatic rings. The zero-order valence-electron chi connectivity index (χ0n) is 12.5. The highest BCUT2D eigenvalue weighted by atomic mass is 32.1. The zero-order valence-corrected chi connectivity index (χ0v) is 13.3. The van der Waals surface area contributed by atoms with Gasteiger partial charge in [-0.2, -0.15) is 0 Å². The number of rotatable bonds is 3. The summed E-state index contributed by atoms with van der Waals surface area (Å²) in [5.41, 5.74) is 2.95. The third-order valence-corrected chi connectivity index (χ3v) is 4.89. The van der Waals surface area contributed by atoms with E-state index in [9.17, 15) is 4.79 Å². The normalized spacial score (nSPS) is 17.5. The maximum Gasteiger partial charge on any atom is 0.242 e. The molecule has 1 unspecified atom stereocenters. The van der Waals surface area contributed by atoms with Crippen LogP contribution in [0, 0.1) is 0 Å². The molecule has 2 N–H and O–H groups in total. The van der Waals surface area contributed by atoms with E-state index < -0.39 is 0 Å². The van der Waals surface area contributed by atoms with E-state index in [1.165, 1.54) is 0 Å². The van der Waals surface area contributed by atoms with Gasteiger partial charge in [0, 0.05) is 17.8 Å². The van der Waals surface area contributed by atoms with Gasteiger partial charge in [0.25, 0.3) is 0 Å². The summed E-state index contributed by atoms with van der Waals surface area (Å²) in [6.07, 6.45) is 5.58. The van der Waals surface area contributed by atoms with Crippen LogP contribution >= 0.6 is 11.3 Å². The van der Waals surface area contributed by atoms with Crippen LogP contribution in [-0.4, -0.2) is 28.5 Å². The molecule has 0 bridgehead atoms. The number of pyridine rings is 1. The fourth-order valence-corrected chi connectivity index (χ4v) is 3.46. The van der Waals surface area contributed by atoms with Gasteiger partial charge in [0.1, 0.15) is 5.82 Å². The van der Waals surface area contributed by atoms with E-state index in [4.69, 9.17) is 0 Å². The predicted molar refractivity (Wildman–Crippen MR) is 92.5 cm³/mol. The molecule has 1 amide bonds. The topological polar surface area (TPSA) is 66.9 Å². The van der Waals surface area contributed by atoms with Crippen LogP contribution in [0.5, 0.6) is 0 Å². The number of nitrogens with zero attached hydrogens (tertiary/aromatic N) is 2. The quantitative estimate of drug-likeness (QED) is 0.777. The van der Waals surface area contributed by atoms with Crippen molar-refractivity contribution in [1.82, 2.24) is 15.3 Å². The first kappa shape index (κ1) is 14.3. The van der Waals surface area contributed by atoms with E-state index in [-0.39, 0.29) is 11.9 Å². The van der Waals surface area contributed by atoms with Crippen LogP contribution in [0.25, 0.3) is 21.2 Å². The van der Waals surface area contributed by atoms with Crippen LogP contribution in [0.3, 0.4) is 0 Å². The molecule has 0 aliphatic carbocycles. The lowest BCUT2D eigenvalue weighted by Crippen LogP contribution is -2.35. The minimum Gasteiger partial charge on any atom is -0.309 e. The number of hydrogen-bond donors (Lipinski definition) is 2. The minimum atomic E-state index is -0.101. The molecule has 1 aliphatic heterocycles. The molecule has 4 rings (SSSR count). The average molecular weight is 324 g/mol. The summed E-state index contributed by atoms with van der Waals surface area (Å²) >= 11 is 1.61. The molecular weight excluding hydrogens is 308 g/mol. The predicted octanol–water partition coefficient (Wildman–Crippen LogP) is 3.05. The highest BCUT2D eigenvalue weighted by Gasteiger charge is 2.22. The SMILES string of the molecule is O=C(Nc1cc2cc(-c3cncs3)ccc2cn1)C1CCCN1. The Bertz CT molecular complexity index is 841. The minimum absolute atomic E-state index is 0.00652. The summed E-state index contributed by atoms with van der Waals surface area (Å²) in [6, 6.07) is 8.04. The monoisotopic (exact) mass is 324 g/mol. The summed E-state index contributed by atoms with van der Waals surface area (Å²) in [5.74, 6) is 0.589. The van der Waals surface area contributed by atoms with Crippen molar-refractivity contribution in [3.63, 3.8) is 0 Å². The number of anilines is 1. The molecule has 0 spiro atoms. The lowest BCUT2D eigenvalue weighted by atomic mass is 10.1. The summed E-state index contributed by atoms with van der Waals surface area (Å²) in [4.78, 5) is 21.8. The van der Waals surface area contributed by atoms with E-state index in [1.54, 1.807) is 17.5 Å². The standard InChI is InChI=1S/C17H16N4OS/c22-17(14-2-1-5-19-14)21-16-7-13-6-11(15-9-18-10-23-15)3-4-12(13)8-20-16/h3-4,6-10,14,19H,1-2,5H2,(H,20,21,22). The van der Waals surface area contributed by atoms with Gasteiger partial charge in [0.15, 0.2) is 0 Å². The fraction of sp³-hybridized carbons (Fsp3) is 0.235. The molecule has 0 radical (unpaired) electrons. The molecule has 1 saturated heterocycles. The van der Waals surface area contributed by atoms with Crippen molar-refractivity contribution in [3.05, 3.63) is 42.2 Å². The van der Waals surface area contributed by atoms with E-state index in [2.05, 4.69) is 32.7 Å². The third kappa shape index (κ3) is 2.95. The Balaban J connectivity index is 1.62. The second kappa shape index (κ2) is 6.06. The van der Waals surface area contributed by atoms with E-state index >= 15 is 0 Å². The van der Waals surface area contributed by atoms with Gasteiger partial charge < -0.3 is 10.6 Å². The van der Waals surface area contributed by atoms with Gasteiger partial charge in [-0.15, -0.1) is 11.3 Å². The Hall–Kier alpha value is -2.31. The van der Waals surface area contributed by atoms with Gasteiger partial charge in [-0.25, -0.2) is 4.98 Å². The second-order valence-corrected chi connectivity index (χ2v) is 6.52. The van der Waals surface area contributed by atoms with Gasteiger partial charge in [0.05, 0.1) is 16.4 Å². The van der Waals surface area contributed by atoms with Gasteiger partial charge in [-0.3, -0.25) is 9.78 Å². The maximum atomic E-state index is 12.2. The lowest BCUT2D eigenvalue weighted by molar-refractivity contribution is -0.117. The van der Waals surface area contributed by atoms with E-state index in [1.807, 2.05) is 23.8 Å². The summed E-state index contributed by atoms with van der Waals surface area (Å²) in [6.45, 7) is 0.904. The number of hydrogen-bond acceptors (Lipinski definition) is 5. The van der Waals surface area contributed by atoms with Crippen LogP contribution in [0.15, 0.2) is 42.2 Å². The van der Waals surface area contributed by atoms with Crippen molar-refractivity contribution in [2.75, 3.05) is 11.9 Å². The molecule has 3 aromatic rings. The Kier molecular flexibility index (Phi) is 3.77. The molecule has 5 nitrogen and oxygen atoms in total. The first-order chi connectivity index (χ1) is 11.3. The van der Waals surface area contributed by atoms with Gasteiger partial charge in [-0.05, 0) is 42.5 Å². The second-order valence-electron chi connectivity index (χ2n) is 5.64. The van der Waals surface area contributed by atoms with Crippen LogP contribution in [0.4, 0.5) is 5.82 Å². The molecule has 1 fully saturated rings. The summed E-state index contributed by atoms with van der Waals surface area (Å²) in [7, 11) is 0. The highest BCUT2D eigenvalue weighted by Crippen LogP contribution is 2.27. The Labute approximate surface area is 137 Å². The average Bonchev–Trinajstić information content (AvgIpc) is 3.27. The molecule has 116 valence electrons. The lowest BCUT2D eigenvalue weighted by Gasteiger charge is -2.11. The first-order valence-corrected chi connectivity index (χ1v) is 8.50. The summed E-state index contributed by atoms with van der Waals surface area (Å²) < 4.78 is 0.